The molecule has 0 spiro atoms. The molecule has 3 rings (SSSR count). The number of unbranched alkanes of at least 4 members (excludes halogenated alkanes) is 1. The molecule has 0 bridgehead atoms. The van der Waals surface area contributed by atoms with Crippen LogP contribution in [0.15, 0.2) is 42.6 Å². The lowest BCUT2D eigenvalue weighted by molar-refractivity contribution is -0.135. The quantitative estimate of drug-likeness (QED) is 0.260. The molecule has 1 saturated heterocycles. The average molecular weight is 529 g/mol. The number of carbonyl (C=O) groups excluding carboxylic acids is 2. The Morgan fingerprint density at radius 1 is 1.21 bits per heavy atom. The summed E-state index contributed by atoms with van der Waals surface area (Å²) in [5, 5.41) is 15.0. The van der Waals surface area contributed by atoms with Gasteiger partial charge in [-0.05, 0) is 58.1 Å². The number of nitriles is 1. The number of likely N-dealkylation sites (N-methyl/N-ethyl adjacent to an activating group) is 2. The molecule has 1 aromatic heterocycles. The van der Waals surface area contributed by atoms with E-state index < -0.39 is 6.04 Å². The average Bonchev–Trinajstić information content (AvgIpc) is 2.89. The summed E-state index contributed by atoms with van der Waals surface area (Å²) < 4.78 is 0. The first-order valence-corrected chi connectivity index (χ1v) is 13.0. The highest BCUT2D eigenvalue weighted by Crippen LogP contribution is 2.24. The van der Waals surface area contributed by atoms with Gasteiger partial charge >= 0.3 is 0 Å². The van der Waals surface area contributed by atoms with Crippen molar-refractivity contribution in [2.75, 3.05) is 57.5 Å². The molecule has 1 fully saturated rings. The molecule has 2 aromatic rings. The van der Waals surface area contributed by atoms with Gasteiger partial charge in [-0.3, -0.25) is 9.59 Å². The summed E-state index contributed by atoms with van der Waals surface area (Å²) in [5.41, 5.74) is 2.16. The first kappa shape index (κ1) is 29.2. The zero-order chi connectivity index (χ0) is 28.2. The number of aromatic nitrogens is 2. The van der Waals surface area contributed by atoms with E-state index in [9.17, 15) is 9.59 Å². The van der Waals surface area contributed by atoms with Crippen LogP contribution in [0.4, 0.5) is 17.5 Å². The minimum absolute atomic E-state index is 0.196. The summed E-state index contributed by atoms with van der Waals surface area (Å²) in [6.07, 6.45) is 7.39. The molecular formula is C29H36N8O2. The molecule has 0 aliphatic carbocycles. The van der Waals surface area contributed by atoms with Crippen LogP contribution in [0.1, 0.15) is 37.3 Å². The van der Waals surface area contributed by atoms with Crippen molar-refractivity contribution in [2.45, 2.75) is 32.2 Å². The maximum absolute atomic E-state index is 12.5. The van der Waals surface area contributed by atoms with Crippen molar-refractivity contribution in [3.8, 4) is 17.9 Å². The molecule has 0 saturated carbocycles. The number of hydrogen-bond acceptors (Lipinski definition) is 8. The van der Waals surface area contributed by atoms with Gasteiger partial charge in [0.15, 0.2) is 0 Å². The van der Waals surface area contributed by atoms with Crippen molar-refractivity contribution in [2.24, 2.45) is 0 Å². The Hall–Kier alpha value is -4.41. The summed E-state index contributed by atoms with van der Waals surface area (Å²) in [6, 6.07) is 8.65. The molecule has 1 atom stereocenters. The molecule has 0 radical (unpaired) electrons. The minimum atomic E-state index is -0.569. The number of rotatable bonds is 11. The van der Waals surface area contributed by atoms with Gasteiger partial charge in [0.25, 0.3) is 0 Å². The Kier molecular flexibility index (Phi) is 10.8. The third-order valence-corrected chi connectivity index (χ3v) is 6.23. The minimum Gasteiger partial charge on any atom is -0.355 e. The molecule has 1 aromatic carbocycles. The highest BCUT2D eigenvalue weighted by atomic mass is 16.2. The van der Waals surface area contributed by atoms with Gasteiger partial charge < -0.3 is 25.3 Å². The number of amides is 2. The third-order valence-electron chi connectivity index (χ3n) is 6.23. The second kappa shape index (κ2) is 14.5. The first-order valence-electron chi connectivity index (χ1n) is 13.0. The van der Waals surface area contributed by atoms with Crippen molar-refractivity contribution in [1.29, 1.82) is 5.26 Å². The lowest BCUT2D eigenvalue weighted by atomic mass is 10.2. The molecule has 2 heterocycles. The summed E-state index contributed by atoms with van der Waals surface area (Å²) >= 11 is 0. The van der Waals surface area contributed by atoms with Gasteiger partial charge in [0.2, 0.25) is 17.8 Å². The molecule has 204 valence electrons. The van der Waals surface area contributed by atoms with Crippen LogP contribution in [-0.2, 0) is 9.59 Å². The predicted octanol–water partition coefficient (Wildman–Crippen LogP) is 2.51. The van der Waals surface area contributed by atoms with Gasteiger partial charge in [-0.15, -0.1) is 0 Å². The normalized spacial score (nSPS) is 13.2. The van der Waals surface area contributed by atoms with Crippen LogP contribution in [0.25, 0.3) is 0 Å². The summed E-state index contributed by atoms with van der Waals surface area (Å²) in [6.45, 7) is 4.69. The zero-order valence-corrected chi connectivity index (χ0v) is 23.1. The number of benzene rings is 1. The zero-order valence-electron chi connectivity index (χ0n) is 23.1. The van der Waals surface area contributed by atoms with E-state index in [1.54, 1.807) is 38.4 Å². The van der Waals surface area contributed by atoms with Gasteiger partial charge in [0.05, 0.1) is 23.4 Å². The molecule has 39 heavy (non-hydrogen) atoms. The SMILES string of the molecule is C[C@@H](C(=O)NCCCC#Cc1cnc(Nc2ccc(C#N)cc2)nc1N1CCC1)N(C)C(=O)C=CCN(C)C. The van der Waals surface area contributed by atoms with Crippen LogP contribution < -0.4 is 15.5 Å². The lowest BCUT2D eigenvalue weighted by Gasteiger charge is -2.32. The van der Waals surface area contributed by atoms with E-state index in [1.807, 2.05) is 31.1 Å². The van der Waals surface area contributed by atoms with Crippen molar-refractivity contribution in [1.82, 2.24) is 25.1 Å². The summed E-state index contributed by atoms with van der Waals surface area (Å²) in [7, 11) is 5.47. The van der Waals surface area contributed by atoms with Gasteiger partial charge in [-0.25, -0.2) is 4.98 Å². The van der Waals surface area contributed by atoms with E-state index in [0.29, 0.717) is 37.4 Å². The fourth-order valence-corrected chi connectivity index (χ4v) is 3.59. The van der Waals surface area contributed by atoms with Crippen molar-refractivity contribution in [3.63, 3.8) is 0 Å². The number of nitrogens with zero attached hydrogens (tertiary/aromatic N) is 6. The first-order chi connectivity index (χ1) is 18.8. The van der Waals surface area contributed by atoms with Crippen LogP contribution in [0.3, 0.4) is 0 Å². The molecule has 0 unspecified atom stereocenters. The molecule has 10 nitrogen and oxygen atoms in total. The van der Waals surface area contributed by atoms with E-state index in [1.165, 1.54) is 11.0 Å². The number of anilines is 3. The second-order valence-electron chi connectivity index (χ2n) is 9.57. The van der Waals surface area contributed by atoms with Crippen LogP contribution in [0.2, 0.25) is 0 Å². The molecule has 1 aliphatic rings. The molecule has 2 amide bonds. The number of carbonyl (C=O) groups is 2. The number of hydrogen-bond donors (Lipinski definition) is 2. The topological polar surface area (TPSA) is 117 Å². The highest BCUT2D eigenvalue weighted by Gasteiger charge is 2.21. The van der Waals surface area contributed by atoms with Crippen molar-refractivity contribution in [3.05, 3.63) is 53.7 Å². The van der Waals surface area contributed by atoms with E-state index in [0.717, 1.165) is 36.6 Å². The van der Waals surface area contributed by atoms with Crippen LogP contribution in [0.5, 0.6) is 0 Å². The Morgan fingerprint density at radius 2 is 1.95 bits per heavy atom. The molecular weight excluding hydrogens is 492 g/mol. The second-order valence-corrected chi connectivity index (χ2v) is 9.57. The van der Waals surface area contributed by atoms with Gasteiger partial charge in [-0.1, -0.05) is 17.9 Å². The molecule has 10 heteroatoms. The fraction of sp³-hybridized carbons (Fsp3) is 0.414. The van der Waals surface area contributed by atoms with Crippen LogP contribution in [-0.4, -0.2) is 84.9 Å². The summed E-state index contributed by atoms with van der Waals surface area (Å²) in [4.78, 5) is 39.4. The Morgan fingerprint density at radius 3 is 2.59 bits per heavy atom. The van der Waals surface area contributed by atoms with Crippen LogP contribution in [0, 0.1) is 23.2 Å². The Balaban J connectivity index is 1.50. The monoisotopic (exact) mass is 528 g/mol. The Bertz CT molecular complexity index is 1270. The maximum Gasteiger partial charge on any atom is 0.246 e. The molecule has 1 aliphatic heterocycles. The van der Waals surface area contributed by atoms with E-state index in [-0.39, 0.29) is 11.8 Å². The predicted molar refractivity (Wildman–Crippen MR) is 152 cm³/mol. The van der Waals surface area contributed by atoms with Gasteiger partial charge in [0, 0.05) is 51.4 Å². The Labute approximate surface area is 230 Å². The third kappa shape index (κ3) is 8.84. The smallest absolute Gasteiger partial charge is 0.246 e. The highest BCUT2D eigenvalue weighted by molar-refractivity contribution is 5.92. The summed E-state index contributed by atoms with van der Waals surface area (Å²) in [5.74, 6) is 7.22. The van der Waals surface area contributed by atoms with Crippen molar-refractivity contribution >= 4 is 29.3 Å². The fourth-order valence-electron chi connectivity index (χ4n) is 3.59. The maximum atomic E-state index is 12.5. The number of nitrogens with one attached hydrogen (secondary N) is 2. The lowest BCUT2D eigenvalue weighted by Crippen LogP contribution is -2.45. The van der Waals surface area contributed by atoms with Gasteiger partial charge in [0.1, 0.15) is 11.9 Å². The van der Waals surface area contributed by atoms with E-state index in [2.05, 4.69) is 43.4 Å². The van der Waals surface area contributed by atoms with Crippen LogP contribution >= 0.6 is 0 Å². The van der Waals surface area contributed by atoms with Crippen molar-refractivity contribution < 1.29 is 9.59 Å². The van der Waals surface area contributed by atoms with E-state index in [4.69, 9.17) is 5.26 Å². The van der Waals surface area contributed by atoms with Gasteiger partial charge in [-0.2, -0.15) is 10.2 Å². The molecule has 2 N–H and O–H groups in total. The van der Waals surface area contributed by atoms with E-state index >= 15 is 0 Å². The largest absolute Gasteiger partial charge is 0.355 e. The standard InChI is InChI=1S/C29H36N8O2/c1-22(36(4)26(38)11-8-17-35(2)3)28(39)31-16-7-5-6-10-24-21-32-29(34-27(24)37-18-9-19-37)33-25-14-12-23(20-30)13-15-25/h8,11-15,21-22H,5,7,9,16-19H2,1-4H3,(H,31,39)(H,32,33,34)/t22-/m0/s1.